The van der Waals surface area contributed by atoms with Crippen molar-refractivity contribution in [2.24, 2.45) is 0 Å². The first-order chi connectivity index (χ1) is 14.0. The molecule has 2 heterocycles. The van der Waals surface area contributed by atoms with Crippen molar-refractivity contribution in [3.05, 3.63) is 53.6 Å². The second-order valence-corrected chi connectivity index (χ2v) is 7.35. The molecular formula is C22H23N3O4. The maximum absolute atomic E-state index is 13.2. The average Bonchev–Trinajstić information content (AvgIpc) is 3.18. The van der Waals surface area contributed by atoms with Gasteiger partial charge in [-0.2, -0.15) is 0 Å². The number of carbonyl (C=O) groups is 3. The van der Waals surface area contributed by atoms with Crippen molar-refractivity contribution >= 4 is 29.1 Å². The summed E-state index contributed by atoms with van der Waals surface area (Å²) in [5.41, 5.74) is 2.45. The molecule has 0 aliphatic carbocycles. The molecule has 0 radical (unpaired) electrons. The molecule has 1 saturated heterocycles. The normalized spacial score (nSPS) is 18.2. The zero-order valence-electron chi connectivity index (χ0n) is 16.5. The van der Waals surface area contributed by atoms with Gasteiger partial charge in [-0.1, -0.05) is 18.2 Å². The Kier molecular flexibility index (Phi) is 4.96. The molecule has 7 nitrogen and oxygen atoms in total. The highest BCUT2D eigenvalue weighted by Crippen LogP contribution is 2.32. The molecule has 2 aromatic carbocycles. The third-order valence-electron chi connectivity index (χ3n) is 5.42. The van der Waals surface area contributed by atoms with Gasteiger partial charge in [0.25, 0.3) is 5.91 Å². The molecule has 2 aliphatic rings. The first kappa shape index (κ1) is 19.0. The molecule has 0 aromatic heterocycles. The summed E-state index contributed by atoms with van der Waals surface area (Å²) in [6.07, 6.45) is 1.40. The summed E-state index contributed by atoms with van der Waals surface area (Å²) in [6, 6.07) is 11.9. The minimum absolute atomic E-state index is 0.153. The molecule has 2 aliphatic heterocycles. The Labute approximate surface area is 169 Å². The van der Waals surface area contributed by atoms with Crippen molar-refractivity contribution in [3.8, 4) is 5.75 Å². The van der Waals surface area contributed by atoms with Gasteiger partial charge in [0.1, 0.15) is 18.3 Å². The maximum Gasteiger partial charge on any atom is 0.256 e. The monoisotopic (exact) mass is 393 g/mol. The summed E-state index contributed by atoms with van der Waals surface area (Å²) < 4.78 is 5.31. The van der Waals surface area contributed by atoms with Crippen LogP contribution < -0.4 is 15.0 Å². The standard InChI is InChI=1S/C22H23N3O4/c1-14-9-10-19(29-2)16(12-14)23-20(26)13-25-17-7-4-3-6-15(17)21(27)24-11-5-8-18(24)22(25)28/h3-4,6-7,9-10,12,18H,5,8,11,13H2,1-2H3,(H,23,26). The summed E-state index contributed by atoms with van der Waals surface area (Å²) in [5.74, 6) is -0.175. The number of benzene rings is 2. The van der Waals surface area contributed by atoms with Gasteiger partial charge in [0.15, 0.2) is 0 Å². The Bertz CT molecular complexity index is 988. The first-order valence-electron chi connectivity index (χ1n) is 9.65. The number of nitrogens with one attached hydrogen (secondary N) is 1. The van der Waals surface area contributed by atoms with Gasteiger partial charge in [-0.05, 0) is 49.6 Å². The zero-order chi connectivity index (χ0) is 20.5. The molecule has 150 valence electrons. The number of hydrogen-bond acceptors (Lipinski definition) is 4. The molecule has 29 heavy (non-hydrogen) atoms. The van der Waals surface area contributed by atoms with Crippen molar-refractivity contribution in [1.29, 1.82) is 0 Å². The van der Waals surface area contributed by atoms with Crippen LogP contribution in [0, 0.1) is 6.92 Å². The number of methoxy groups -OCH3 is 1. The van der Waals surface area contributed by atoms with E-state index in [1.807, 2.05) is 19.1 Å². The van der Waals surface area contributed by atoms with E-state index in [2.05, 4.69) is 5.32 Å². The Morgan fingerprint density at radius 1 is 1.21 bits per heavy atom. The topological polar surface area (TPSA) is 79.0 Å². The van der Waals surface area contributed by atoms with E-state index in [0.717, 1.165) is 12.0 Å². The number of ether oxygens (including phenoxy) is 1. The molecule has 4 rings (SSSR count). The van der Waals surface area contributed by atoms with Crippen LogP contribution in [-0.2, 0) is 9.59 Å². The van der Waals surface area contributed by atoms with Crippen LogP contribution in [0.5, 0.6) is 5.75 Å². The van der Waals surface area contributed by atoms with Crippen LogP contribution in [0.4, 0.5) is 11.4 Å². The predicted octanol–water partition coefficient (Wildman–Crippen LogP) is 2.59. The van der Waals surface area contributed by atoms with Crippen LogP contribution >= 0.6 is 0 Å². The van der Waals surface area contributed by atoms with E-state index in [0.29, 0.717) is 35.7 Å². The molecule has 0 spiro atoms. The van der Waals surface area contributed by atoms with Gasteiger partial charge in [0, 0.05) is 6.54 Å². The Balaban J connectivity index is 1.64. The van der Waals surface area contributed by atoms with Crippen LogP contribution in [-0.4, -0.2) is 48.9 Å². The fraction of sp³-hybridized carbons (Fsp3) is 0.318. The van der Waals surface area contributed by atoms with Crippen LogP contribution in [0.15, 0.2) is 42.5 Å². The van der Waals surface area contributed by atoms with E-state index >= 15 is 0 Å². The number of para-hydroxylation sites is 1. The van der Waals surface area contributed by atoms with Gasteiger partial charge in [-0.25, -0.2) is 0 Å². The van der Waals surface area contributed by atoms with Crippen LogP contribution in [0.2, 0.25) is 0 Å². The van der Waals surface area contributed by atoms with E-state index in [1.165, 1.54) is 12.0 Å². The Morgan fingerprint density at radius 2 is 2.00 bits per heavy atom. The third-order valence-corrected chi connectivity index (χ3v) is 5.42. The van der Waals surface area contributed by atoms with Crippen molar-refractivity contribution in [1.82, 2.24) is 4.90 Å². The van der Waals surface area contributed by atoms with Crippen molar-refractivity contribution in [3.63, 3.8) is 0 Å². The highest BCUT2D eigenvalue weighted by atomic mass is 16.5. The Morgan fingerprint density at radius 3 is 2.79 bits per heavy atom. The lowest BCUT2D eigenvalue weighted by Gasteiger charge is -2.25. The lowest BCUT2D eigenvalue weighted by molar-refractivity contribution is -0.124. The predicted molar refractivity (Wildman–Crippen MR) is 109 cm³/mol. The minimum atomic E-state index is -0.517. The van der Waals surface area contributed by atoms with E-state index in [9.17, 15) is 14.4 Å². The molecular weight excluding hydrogens is 370 g/mol. The number of rotatable bonds is 4. The van der Waals surface area contributed by atoms with Gasteiger partial charge < -0.3 is 19.9 Å². The molecule has 3 amide bonds. The molecule has 0 bridgehead atoms. The van der Waals surface area contributed by atoms with Crippen LogP contribution in [0.3, 0.4) is 0 Å². The lowest BCUT2D eigenvalue weighted by Crippen LogP contribution is -2.47. The fourth-order valence-electron chi connectivity index (χ4n) is 4.03. The maximum atomic E-state index is 13.2. The number of amides is 3. The second-order valence-electron chi connectivity index (χ2n) is 7.35. The van der Waals surface area contributed by atoms with Gasteiger partial charge in [0.05, 0.1) is 24.0 Å². The molecule has 1 unspecified atom stereocenters. The zero-order valence-corrected chi connectivity index (χ0v) is 16.5. The van der Waals surface area contributed by atoms with E-state index in [4.69, 9.17) is 4.74 Å². The lowest BCUT2D eigenvalue weighted by atomic mass is 10.1. The fourth-order valence-corrected chi connectivity index (χ4v) is 4.03. The molecule has 2 aromatic rings. The number of anilines is 2. The van der Waals surface area contributed by atoms with Crippen LogP contribution in [0.25, 0.3) is 0 Å². The van der Waals surface area contributed by atoms with E-state index < -0.39 is 6.04 Å². The summed E-state index contributed by atoms with van der Waals surface area (Å²) in [6.45, 7) is 2.30. The molecule has 1 N–H and O–H groups in total. The molecule has 0 saturated carbocycles. The van der Waals surface area contributed by atoms with Gasteiger partial charge in [0.2, 0.25) is 11.8 Å². The highest BCUT2D eigenvalue weighted by Gasteiger charge is 2.42. The average molecular weight is 393 g/mol. The number of hydrogen-bond donors (Lipinski definition) is 1. The quantitative estimate of drug-likeness (QED) is 0.866. The SMILES string of the molecule is COc1ccc(C)cc1NC(=O)CN1C(=O)C2CCCN2C(=O)c2ccccc21. The summed E-state index contributed by atoms with van der Waals surface area (Å²) >= 11 is 0. The largest absolute Gasteiger partial charge is 0.495 e. The third kappa shape index (κ3) is 3.44. The van der Waals surface area contributed by atoms with Gasteiger partial charge in [-0.3, -0.25) is 14.4 Å². The van der Waals surface area contributed by atoms with Crippen LogP contribution in [0.1, 0.15) is 28.8 Å². The smallest absolute Gasteiger partial charge is 0.256 e. The number of carbonyl (C=O) groups excluding carboxylic acids is 3. The second kappa shape index (κ2) is 7.58. The molecule has 1 atom stereocenters. The van der Waals surface area contributed by atoms with E-state index in [-0.39, 0.29) is 24.3 Å². The number of fused-ring (bicyclic) bond motifs is 2. The van der Waals surface area contributed by atoms with Crippen molar-refractivity contribution in [2.45, 2.75) is 25.8 Å². The van der Waals surface area contributed by atoms with Crippen molar-refractivity contribution in [2.75, 3.05) is 30.4 Å². The first-order valence-corrected chi connectivity index (χ1v) is 9.65. The molecule has 7 heteroatoms. The summed E-state index contributed by atoms with van der Waals surface area (Å²) in [4.78, 5) is 42.1. The van der Waals surface area contributed by atoms with Crippen molar-refractivity contribution < 1.29 is 19.1 Å². The van der Waals surface area contributed by atoms with E-state index in [1.54, 1.807) is 35.2 Å². The molecule has 1 fully saturated rings. The number of aryl methyl sites for hydroxylation is 1. The van der Waals surface area contributed by atoms with Gasteiger partial charge >= 0.3 is 0 Å². The number of nitrogens with zero attached hydrogens (tertiary/aromatic N) is 2. The minimum Gasteiger partial charge on any atom is -0.495 e. The summed E-state index contributed by atoms with van der Waals surface area (Å²) in [5, 5.41) is 2.84. The van der Waals surface area contributed by atoms with Gasteiger partial charge in [-0.15, -0.1) is 0 Å². The Hall–Kier alpha value is -3.35. The highest BCUT2D eigenvalue weighted by molar-refractivity contribution is 6.13. The summed E-state index contributed by atoms with van der Waals surface area (Å²) in [7, 11) is 1.54.